The van der Waals surface area contributed by atoms with Crippen molar-refractivity contribution in [2.75, 3.05) is 6.54 Å². The molecule has 0 saturated carbocycles. The third-order valence-electron chi connectivity index (χ3n) is 0.552. The van der Waals surface area contributed by atoms with E-state index in [1.807, 2.05) is 0 Å². The van der Waals surface area contributed by atoms with Gasteiger partial charge in [-0.25, -0.2) is 0 Å². The van der Waals surface area contributed by atoms with Crippen LogP contribution >= 0.6 is 24.0 Å². The normalized spacial score (nSPS) is 15.7. The van der Waals surface area contributed by atoms with Gasteiger partial charge in [-0.15, -0.1) is 24.0 Å². The molecule has 1 amide bonds. The van der Waals surface area contributed by atoms with E-state index in [-0.39, 0.29) is 29.9 Å². The van der Waals surface area contributed by atoms with Gasteiger partial charge in [-0.3, -0.25) is 9.79 Å². The summed E-state index contributed by atoms with van der Waals surface area (Å²) in [4.78, 5) is 13.6. The summed E-state index contributed by atoms with van der Waals surface area (Å²) < 4.78 is 0. The van der Waals surface area contributed by atoms with Crippen molar-refractivity contribution in [3.05, 3.63) is 0 Å². The summed E-state index contributed by atoms with van der Waals surface area (Å²) >= 11 is 0. The fourth-order valence-electron chi connectivity index (χ4n) is 0.292. The number of hydrogen-bond acceptors (Lipinski definition) is 2. The second kappa shape index (κ2) is 2.95. The number of nitrogens with one attached hydrogen (secondary N) is 1. The van der Waals surface area contributed by atoms with Crippen LogP contribution in [0.1, 0.15) is 0 Å². The van der Waals surface area contributed by atoms with Gasteiger partial charge in [-0.2, -0.15) is 0 Å². The van der Waals surface area contributed by atoms with Crippen LogP contribution in [0.3, 0.4) is 0 Å². The summed E-state index contributed by atoms with van der Waals surface area (Å²) in [5.74, 6) is -0.0185. The van der Waals surface area contributed by atoms with Gasteiger partial charge in [0, 0.05) is 0 Å². The molecule has 7 heavy (non-hydrogen) atoms. The van der Waals surface area contributed by atoms with Crippen molar-refractivity contribution < 1.29 is 4.79 Å². The first-order valence-corrected chi connectivity index (χ1v) is 1.67. The molecule has 0 aromatic heterocycles. The Morgan fingerprint density at radius 3 is 2.71 bits per heavy atom. The number of carbonyl (C=O) groups is 1. The lowest BCUT2D eigenvalue weighted by atomic mass is 10.7. The first-order valence-electron chi connectivity index (χ1n) is 1.67. The minimum atomic E-state index is -0.0185. The van der Waals surface area contributed by atoms with Gasteiger partial charge in [0.15, 0.2) is 0 Å². The highest BCUT2D eigenvalue weighted by Crippen LogP contribution is 1.73. The van der Waals surface area contributed by atoms with E-state index in [0.717, 1.165) is 0 Å². The van der Waals surface area contributed by atoms with Crippen molar-refractivity contribution in [3.63, 3.8) is 0 Å². The van der Waals surface area contributed by atoms with E-state index in [1.54, 1.807) is 0 Å². The molecule has 4 heteroatoms. The van der Waals surface area contributed by atoms with Crippen LogP contribution in [0.5, 0.6) is 0 Å². The molecule has 0 spiro atoms. The van der Waals surface area contributed by atoms with E-state index < -0.39 is 0 Å². The standard InChI is InChI=1S/C3H4N2O.HI/c6-3-1-4-2-5-3;/h2H,1H2,(H,4,5,6);1H. The molecule has 0 saturated heterocycles. The number of carbonyl (C=O) groups excluding carboxylic acids is 1. The van der Waals surface area contributed by atoms with Crippen molar-refractivity contribution in [1.82, 2.24) is 5.32 Å². The predicted molar refractivity (Wildman–Crippen MR) is 36.9 cm³/mol. The molecule has 1 aliphatic rings. The van der Waals surface area contributed by atoms with Crippen LogP contribution in [0, 0.1) is 0 Å². The van der Waals surface area contributed by atoms with Crippen LogP contribution in [0.25, 0.3) is 0 Å². The largest absolute Gasteiger partial charge is 0.316 e. The molecular formula is C3H5IN2O. The Balaban J connectivity index is 0.000000360. The average Bonchev–Trinajstić information content (AvgIpc) is 1.86. The molecular weight excluding hydrogens is 207 g/mol. The van der Waals surface area contributed by atoms with Gasteiger partial charge >= 0.3 is 0 Å². The van der Waals surface area contributed by atoms with Gasteiger partial charge in [0.2, 0.25) is 5.91 Å². The third kappa shape index (κ3) is 1.86. The van der Waals surface area contributed by atoms with Gasteiger partial charge in [-0.05, 0) is 0 Å². The minimum Gasteiger partial charge on any atom is -0.316 e. The summed E-state index contributed by atoms with van der Waals surface area (Å²) in [5, 5.41) is 2.39. The Kier molecular flexibility index (Phi) is 2.89. The monoisotopic (exact) mass is 212 g/mol. The van der Waals surface area contributed by atoms with Crippen LogP contribution in [-0.2, 0) is 4.79 Å². The highest BCUT2D eigenvalue weighted by atomic mass is 127. The molecule has 3 nitrogen and oxygen atoms in total. The summed E-state index contributed by atoms with van der Waals surface area (Å²) in [6.45, 7) is 0.306. The lowest BCUT2D eigenvalue weighted by Crippen LogP contribution is -2.15. The average molecular weight is 212 g/mol. The maximum atomic E-state index is 10.0. The Labute approximate surface area is 58.2 Å². The number of amides is 1. The fraction of sp³-hybridized carbons (Fsp3) is 0.333. The van der Waals surface area contributed by atoms with E-state index in [4.69, 9.17) is 0 Å². The number of rotatable bonds is 0. The number of halogens is 1. The van der Waals surface area contributed by atoms with Crippen molar-refractivity contribution >= 4 is 36.2 Å². The van der Waals surface area contributed by atoms with E-state index >= 15 is 0 Å². The second-order valence-corrected chi connectivity index (χ2v) is 1.04. The van der Waals surface area contributed by atoms with Crippen LogP contribution in [0.2, 0.25) is 0 Å². The lowest BCUT2D eigenvalue weighted by molar-refractivity contribution is -0.117. The molecule has 0 bridgehead atoms. The maximum Gasteiger partial charge on any atom is 0.246 e. The smallest absolute Gasteiger partial charge is 0.246 e. The van der Waals surface area contributed by atoms with Gasteiger partial charge < -0.3 is 5.32 Å². The van der Waals surface area contributed by atoms with E-state index in [2.05, 4.69) is 10.3 Å². The molecule has 0 aliphatic carbocycles. The quantitative estimate of drug-likeness (QED) is 0.553. The van der Waals surface area contributed by atoms with E-state index in [9.17, 15) is 4.79 Å². The Morgan fingerprint density at radius 1 is 1.86 bits per heavy atom. The fourth-order valence-corrected chi connectivity index (χ4v) is 0.292. The summed E-state index contributed by atoms with van der Waals surface area (Å²) in [7, 11) is 0. The first-order chi connectivity index (χ1) is 2.89. The van der Waals surface area contributed by atoms with E-state index in [1.165, 1.54) is 6.34 Å². The number of nitrogens with zero attached hydrogens (tertiary/aromatic N) is 1. The highest BCUT2D eigenvalue weighted by Gasteiger charge is 1.98. The Bertz CT molecular complexity index is 91.1. The summed E-state index contributed by atoms with van der Waals surface area (Å²) in [6.07, 6.45) is 1.41. The molecule has 0 aromatic carbocycles. The van der Waals surface area contributed by atoms with Gasteiger partial charge in [-0.1, -0.05) is 0 Å². The molecule has 0 fully saturated rings. The third-order valence-corrected chi connectivity index (χ3v) is 0.552. The zero-order chi connectivity index (χ0) is 4.41. The molecule has 0 radical (unpaired) electrons. The van der Waals surface area contributed by atoms with Crippen LogP contribution in [0.15, 0.2) is 4.99 Å². The summed E-state index contributed by atoms with van der Waals surface area (Å²) in [5.41, 5.74) is 0. The van der Waals surface area contributed by atoms with Crippen molar-refractivity contribution in [1.29, 1.82) is 0 Å². The van der Waals surface area contributed by atoms with Crippen molar-refractivity contribution in [2.24, 2.45) is 4.99 Å². The minimum absolute atomic E-state index is 0. The summed E-state index contributed by atoms with van der Waals surface area (Å²) in [6, 6.07) is 0. The number of aliphatic imine (C=N–C) groups is 1. The van der Waals surface area contributed by atoms with Crippen molar-refractivity contribution in [3.8, 4) is 0 Å². The Hall–Kier alpha value is -0.130. The van der Waals surface area contributed by atoms with Crippen LogP contribution in [-0.4, -0.2) is 18.8 Å². The molecule has 1 rings (SSSR count). The first kappa shape index (κ1) is 6.87. The maximum absolute atomic E-state index is 10.0. The van der Waals surface area contributed by atoms with Crippen molar-refractivity contribution in [2.45, 2.75) is 0 Å². The van der Waals surface area contributed by atoms with Gasteiger partial charge in [0.1, 0.15) is 6.54 Å². The topological polar surface area (TPSA) is 41.5 Å². The second-order valence-electron chi connectivity index (χ2n) is 1.04. The molecule has 40 valence electrons. The van der Waals surface area contributed by atoms with Crippen LogP contribution in [0.4, 0.5) is 0 Å². The highest BCUT2D eigenvalue weighted by molar-refractivity contribution is 14.0. The zero-order valence-corrected chi connectivity index (χ0v) is 5.88. The zero-order valence-electron chi connectivity index (χ0n) is 3.55. The van der Waals surface area contributed by atoms with Gasteiger partial charge in [0.05, 0.1) is 6.34 Å². The van der Waals surface area contributed by atoms with E-state index in [0.29, 0.717) is 6.54 Å². The molecule has 1 aliphatic heterocycles. The SMILES string of the molecule is I.O=C1CN=CN1. The number of hydrogen-bond donors (Lipinski definition) is 1. The molecule has 1 heterocycles. The Morgan fingerprint density at radius 2 is 2.57 bits per heavy atom. The predicted octanol–water partition coefficient (Wildman–Crippen LogP) is -0.237. The lowest BCUT2D eigenvalue weighted by Gasteiger charge is -1.76. The van der Waals surface area contributed by atoms with Gasteiger partial charge in [0.25, 0.3) is 0 Å². The molecule has 0 atom stereocenters. The van der Waals surface area contributed by atoms with Crippen LogP contribution < -0.4 is 5.32 Å². The molecule has 0 unspecified atom stereocenters. The molecule has 0 aromatic rings. The molecule has 1 N–H and O–H groups in total.